The fraction of sp³-hybridized carbons (Fsp3) is 0.417. The molecule has 0 radical (unpaired) electrons. The smallest absolute Gasteiger partial charge is 0.410 e. The predicted molar refractivity (Wildman–Crippen MR) is 117 cm³/mol. The summed E-state index contributed by atoms with van der Waals surface area (Å²) in [7, 11) is 0. The van der Waals surface area contributed by atoms with Gasteiger partial charge in [-0.2, -0.15) is 0 Å². The summed E-state index contributed by atoms with van der Waals surface area (Å²) < 4.78 is 5.44. The van der Waals surface area contributed by atoms with Crippen LogP contribution in [0.5, 0.6) is 5.75 Å². The van der Waals surface area contributed by atoms with Crippen molar-refractivity contribution >= 4 is 17.7 Å². The van der Waals surface area contributed by atoms with Crippen LogP contribution in [0.15, 0.2) is 54.6 Å². The summed E-state index contributed by atoms with van der Waals surface area (Å²) >= 11 is 0. The molecule has 0 unspecified atom stereocenters. The van der Waals surface area contributed by atoms with Gasteiger partial charge >= 0.3 is 6.09 Å². The number of rotatable bonds is 8. The average molecular weight is 397 g/mol. The summed E-state index contributed by atoms with van der Waals surface area (Å²) in [5.74, 6) is 0.328. The molecule has 29 heavy (non-hydrogen) atoms. The second-order valence-corrected chi connectivity index (χ2v) is 8.68. The van der Waals surface area contributed by atoms with E-state index in [4.69, 9.17) is 4.74 Å². The lowest BCUT2D eigenvalue weighted by atomic mass is 9.87. The van der Waals surface area contributed by atoms with Gasteiger partial charge < -0.3 is 15.4 Å². The van der Waals surface area contributed by atoms with Gasteiger partial charge in [0.05, 0.1) is 0 Å². The summed E-state index contributed by atoms with van der Waals surface area (Å²) in [5.41, 5.74) is 0.823. The zero-order valence-corrected chi connectivity index (χ0v) is 18.0. The van der Waals surface area contributed by atoms with Gasteiger partial charge in [-0.3, -0.25) is 4.79 Å². The van der Waals surface area contributed by atoms with Crippen molar-refractivity contribution in [1.29, 1.82) is 0 Å². The molecule has 5 heteroatoms. The number of anilines is 1. The van der Waals surface area contributed by atoms with E-state index in [9.17, 15) is 9.59 Å². The number of hydrogen-bond acceptors (Lipinski definition) is 3. The monoisotopic (exact) mass is 396 g/mol. The third kappa shape index (κ3) is 7.26. The van der Waals surface area contributed by atoms with Gasteiger partial charge in [-0.15, -0.1) is 0 Å². The molecule has 0 aromatic heterocycles. The Morgan fingerprint density at radius 3 is 2.31 bits per heavy atom. The zero-order valence-electron chi connectivity index (χ0n) is 18.0. The fourth-order valence-corrected chi connectivity index (χ4v) is 3.24. The Labute approximate surface area is 173 Å². The summed E-state index contributed by atoms with van der Waals surface area (Å²) in [5, 5.41) is 5.82. The minimum atomic E-state index is -0.527. The molecule has 0 aliphatic heterocycles. The van der Waals surface area contributed by atoms with Crippen LogP contribution in [0.4, 0.5) is 10.5 Å². The molecule has 156 valence electrons. The van der Waals surface area contributed by atoms with Gasteiger partial charge in [0.1, 0.15) is 5.75 Å². The highest BCUT2D eigenvalue weighted by atomic mass is 16.6. The Bertz CT molecular complexity index is 829. The maximum absolute atomic E-state index is 12.5. The van der Waals surface area contributed by atoms with Crippen molar-refractivity contribution in [2.45, 2.75) is 59.4 Å². The topological polar surface area (TPSA) is 67.4 Å². The molecule has 0 atom stereocenters. The zero-order chi connectivity index (χ0) is 21.5. The molecule has 0 bridgehead atoms. The van der Waals surface area contributed by atoms with Crippen LogP contribution in [-0.2, 0) is 11.2 Å². The second kappa shape index (κ2) is 9.59. The third-order valence-corrected chi connectivity index (χ3v) is 4.72. The molecule has 0 heterocycles. The molecule has 0 aliphatic rings. The van der Waals surface area contributed by atoms with Gasteiger partial charge in [-0.1, -0.05) is 63.6 Å². The standard InChI is InChI=1S/C24H32N2O3/c1-6-15-23(2,3)21(27)25-19-13-10-14-20(16-19)29-22(28)26-24(4,5)17-18-11-8-7-9-12-18/h7-14,16H,6,15,17H2,1-5H3,(H,25,27)(H,26,28). The maximum atomic E-state index is 12.5. The first-order valence-corrected chi connectivity index (χ1v) is 10.1. The number of nitrogens with one attached hydrogen (secondary N) is 2. The fourth-order valence-electron chi connectivity index (χ4n) is 3.24. The molecule has 0 saturated carbocycles. The molecule has 0 saturated heterocycles. The number of ether oxygens (including phenoxy) is 1. The molecule has 0 fully saturated rings. The minimum Gasteiger partial charge on any atom is -0.410 e. The predicted octanol–water partition coefficient (Wildman–Crippen LogP) is 5.56. The van der Waals surface area contributed by atoms with Crippen molar-refractivity contribution in [3.8, 4) is 5.75 Å². The molecule has 2 aromatic rings. The number of benzene rings is 2. The van der Waals surface area contributed by atoms with Crippen molar-refractivity contribution < 1.29 is 14.3 Å². The van der Waals surface area contributed by atoms with Crippen molar-refractivity contribution in [2.75, 3.05) is 5.32 Å². The highest BCUT2D eigenvalue weighted by Crippen LogP contribution is 2.26. The Morgan fingerprint density at radius 1 is 0.966 bits per heavy atom. The number of amides is 2. The third-order valence-electron chi connectivity index (χ3n) is 4.72. The first kappa shape index (κ1) is 22.5. The highest BCUT2D eigenvalue weighted by Gasteiger charge is 2.26. The lowest BCUT2D eigenvalue weighted by Crippen LogP contribution is -2.46. The van der Waals surface area contributed by atoms with E-state index < -0.39 is 17.0 Å². The SMILES string of the molecule is CCCC(C)(C)C(=O)Nc1cccc(OC(=O)NC(C)(C)Cc2ccccc2)c1. The van der Waals surface area contributed by atoms with Gasteiger partial charge in [-0.05, 0) is 44.4 Å². The van der Waals surface area contributed by atoms with Gasteiger partial charge in [0, 0.05) is 22.7 Å². The highest BCUT2D eigenvalue weighted by molar-refractivity contribution is 5.95. The molecule has 5 nitrogen and oxygen atoms in total. The maximum Gasteiger partial charge on any atom is 0.413 e. The molecule has 0 spiro atoms. The van der Waals surface area contributed by atoms with Crippen LogP contribution in [-0.4, -0.2) is 17.5 Å². The van der Waals surface area contributed by atoms with Crippen molar-refractivity contribution in [2.24, 2.45) is 5.41 Å². The normalized spacial score (nSPS) is 11.6. The van der Waals surface area contributed by atoms with Crippen LogP contribution >= 0.6 is 0 Å². The largest absolute Gasteiger partial charge is 0.413 e. The van der Waals surface area contributed by atoms with Crippen molar-refractivity contribution in [3.63, 3.8) is 0 Å². The van der Waals surface area contributed by atoms with Crippen molar-refractivity contribution in [1.82, 2.24) is 5.32 Å². The minimum absolute atomic E-state index is 0.0510. The molecule has 2 aromatic carbocycles. The average Bonchev–Trinajstić information content (AvgIpc) is 2.61. The summed E-state index contributed by atoms with van der Waals surface area (Å²) in [6.07, 6.45) is 1.89. The first-order valence-electron chi connectivity index (χ1n) is 10.1. The molecule has 2 N–H and O–H groups in total. The summed E-state index contributed by atoms with van der Waals surface area (Å²) in [6, 6.07) is 16.9. The Balaban J connectivity index is 1.97. The summed E-state index contributed by atoms with van der Waals surface area (Å²) in [6.45, 7) is 9.81. The molecular formula is C24H32N2O3. The van der Waals surface area contributed by atoms with E-state index in [-0.39, 0.29) is 5.91 Å². The van der Waals surface area contributed by atoms with Gasteiger partial charge in [0.2, 0.25) is 5.91 Å². The van der Waals surface area contributed by atoms with Crippen molar-refractivity contribution in [3.05, 3.63) is 60.2 Å². The summed E-state index contributed by atoms with van der Waals surface area (Å²) in [4.78, 5) is 24.9. The second-order valence-electron chi connectivity index (χ2n) is 8.68. The first-order chi connectivity index (χ1) is 13.6. The van der Waals surface area contributed by atoms with Crippen LogP contribution in [0.3, 0.4) is 0 Å². The van der Waals surface area contributed by atoms with E-state index in [1.165, 1.54) is 0 Å². The van der Waals surface area contributed by atoms with E-state index in [0.717, 1.165) is 18.4 Å². The number of carbonyl (C=O) groups excluding carboxylic acids is 2. The van der Waals surface area contributed by atoms with Gasteiger partial charge in [-0.25, -0.2) is 4.79 Å². The van der Waals surface area contributed by atoms with Crippen LogP contribution in [0.2, 0.25) is 0 Å². The number of hydrogen-bond donors (Lipinski definition) is 2. The molecule has 2 amide bonds. The lowest BCUT2D eigenvalue weighted by molar-refractivity contribution is -0.124. The van der Waals surface area contributed by atoms with E-state index >= 15 is 0 Å². The van der Waals surface area contributed by atoms with Crippen LogP contribution in [0.1, 0.15) is 53.0 Å². The molecule has 2 rings (SSSR count). The van der Waals surface area contributed by atoms with E-state index in [0.29, 0.717) is 17.9 Å². The van der Waals surface area contributed by atoms with Crippen LogP contribution in [0, 0.1) is 5.41 Å². The number of carbonyl (C=O) groups is 2. The Hall–Kier alpha value is -2.82. The molecular weight excluding hydrogens is 364 g/mol. The van der Waals surface area contributed by atoms with E-state index in [2.05, 4.69) is 17.6 Å². The Morgan fingerprint density at radius 2 is 1.66 bits per heavy atom. The van der Waals surface area contributed by atoms with E-state index in [1.807, 2.05) is 58.0 Å². The van der Waals surface area contributed by atoms with Gasteiger partial charge in [0.15, 0.2) is 0 Å². The van der Waals surface area contributed by atoms with Gasteiger partial charge in [0.25, 0.3) is 0 Å². The molecule has 0 aliphatic carbocycles. The van der Waals surface area contributed by atoms with E-state index in [1.54, 1.807) is 24.3 Å². The quantitative estimate of drug-likeness (QED) is 0.614. The lowest BCUT2D eigenvalue weighted by Gasteiger charge is -2.26. The Kier molecular flexibility index (Phi) is 7.43. The van der Waals surface area contributed by atoms with Crippen LogP contribution < -0.4 is 15.4 Å². The van der Waals surface area contributed by atoms with Crippen LogP contribution in [0.25, 0.3) is 0 Å².